The maximum absolute atomic E-state index is 12.0. The van der Waals surface area contributed by atoms with Gasteiger partial charge in [0.15, 0.2) is 6.61 Å². The Morgan fingerprint density at radius 3 is 2.38 bits per heavy atom. The average molecular weight is 479 g/mol. The molecule has 2 amide bonds. The van der Waals surface area contributed by atoms with Crippen molar-refractivity contribution >= 4 is 23.2 Å². The number of ether oxygens (including phenoxy) is 2. The van der Waals surface area contributed by atoms with E-state index in [4.69, 9.17) is 14.0 Å². The molecule has 174 valence electrons. The lowest BCUT2D eigenvalue weighted by Crippen LogP contribution is -2.43. The van der Waals surface area contributed by atoms with E-state index in [1.165, 1.54) is 11.3 Å². The molecule has 2 N–H and O–H groups in total. The highest BCUT2D eigenvalue weighted by Gasteiger charge is 2.12. The highest BCUT2D eigenvalue weighted by molar-refractivity contribution is 7.08. The number of rotatable bonds is 10. The molecule has 2 heterocycles. The molecule has 34 heavy (non-hydrogen) atoms. The Morgan fingerprint density at radius 2 is 1.65 bits per heavy atom. The van der Waals surface area contributed by atoms with Crippen molar-refractivity contribution in [3.8, 4) is 22.9 Å². The van der Waals surface area contributed by atoms with Gasteiger partial charge in [0, 0.05) is 23.8 Å². The van der Waals surface area contributed by atoms with Crippen LogP contribution in [0.1, 0.15) is 17.9 Å². The van der Waals surface area contributed by atoms with Crippen LogP contribution >= 0.6 is 11.3 Å². The quantitative estimate of drug-likeness (QED) is 0.335. The van der Waals surface area contributed by atoms with E-state index in [1.54, 1.807) is 24.3 Å². The first-order chi connectivity index (χ1) is 16.7. The fourth-order valence-electron chi connectivity index (χ4n) is 2.85. The number of thiophene rings is 1. The summed E-state index contributed by atoms with van der Waals surface area (Å²) in [5.41, 5.74) is 6.59. The van der Waals surface area contributed by atoms with Gasteiger partial charge in [0.05, 0.1) is 0 Å². The largest absolute Gasteiger partial charge is 0.489 e. The number of benzene rings is 2. The van der Waals surface area contributed by atoms with Crippen molar-refractivity contribution in [3.63, 3.8) is 0 Å². The molecule has 2 aromatic carbocycles. The first kappa shape index (κ1) is 23.0. The van der Waals surface area contributed by atoms with Crippen molar-refractivity contribution in [2.45, 2.75) is 19.4 Å². The van der Waals surface area contributed by atoms with Gasteiger partial charge in [0.1, 0.15) is 18.1 Å². The molecule has 0 aliphatic carbocycles. The van der Waals surface area contributed by atoms with E-state index in [0.29, 0.717) is 29.8 Å². The summed E-state index contributed by atoms with van der Waals surface area (Å²) >= 11 is 1.53. The topological polar surface area (TPSA) is 116 Å². The molecule has 0 atom stereocenters. The van der Waals surface area contributed by atoms with E-state index >= 15 is 0 Å². The Kier molecular flexibility index (Phi) is 7.86. The second-order valence-electron chi connectivity index (χ2n) is 7.15. The van der Waals surface area contributed by atoms with Gasteiger partial charge in [-0.1, -0.05) is 35.5 Å². The van der Waals surface area contributed by atoms with E-state index in [9.17, 15) is 9.59 Å². The predicted octanol–water partition coefficient (Wildman–Crippen LogP) is 3.54. The van der Waals surface area contributed by atoms with E-state index in [1.807, 2.05) is 47.2 Å². The first-order valence-corrected chi connectivity index (χ1v) is 11.4. The summed E-state index contributed by atoms with van der Waals surface area (Å²) < 4.78 is 16.3. The van der Waals surface area contributed by atoms with Crippen molar-refractivity contribution in [1.29, 1.82) is 0 Å². The summed E-state index contributed by atoms with van der Waals surface area (Å²) in [6, 6.07) is 18.7. The number of amides is 2. The lowest BCUT2D eigenvalue weighted by molar-refractivity contribution is -0.130. The van der Waals surface area contributed by atoms with Crippen molar-refractivity contribution in [1.82, 2.24) is 21.0 Å². The summed E-state index contributed by atoms with van der Waals surface area (Å²) in [5.74, 6) is 1.15. The van der Waals surface area contributed by atoms with Crippen molar-refractivity contribution in [3.05, 3.63) is 82.9 Å². The number of aryl methyl sites for hydroxylation is 1. The minimum atomic E-state index is -0.490. The zero-order valence-electron chi connectivity index (χ0n) is 18.1. The Morgan fingerprint density at radius 1 is 0.912 bits per heavy atom. The summed E-state index contributed by atoms with van der Waals surface area (Å²) in [6.45, 7) is 0.212. The number of nitrogens with one attached hydrogen (secondary N) is 2. The van der Waals surface area contributed by atoms with Gasteiger partial charge in [-0.25, -0.2) is 0 Å². The lowest BCUT2D eigenvalue weighted by atomic mass is 10.2. The molecule has 0 spiro atoms. The third kappa shape index (κ3) is 6.91. The first-order valence-electron chi connectivity index (χ1n) is 10.5. The maximum Gasteiger partial charge on any atom is 0.276 e. The smallest absolute Gasteiger partial charge is 0.276 e. The Hall–Kier alpha value is -4.18. The standard InChI is InChI=1S/C24H22N4O5S/c29-21(10-11-23-25-24(28-33-23)18-12-13-34-16-18)26-27-22(30)15-32-20-8-6-19(7-9-20)31-14-17-4-2-1-3-5-17/h1-9,12-13,16H,10-11,14-15H2,(H,26,29)(H,27,30). The molecule has 0 fully saturated rings. The molecule has 4 rings (SSSR count). The average Bonchev–Trinajstić information content (AvgIpc) is 3.57. The molecule has 0 saturated carbocycles. The molecule has 0 bridgehead atoms. The number of hydrogen-bond donors (Lipinski definition) is 2. The van der Waals surface area contributed by atoms with Gasteiger partial charge in [-0.15, -0.1) is 0 Å². The van der Waals surface area contributed by atoms with Crippen LogP contribution in [-0.2, 0) is 22.6 Å². The van der Waals surface area contributed by atoms with E-state index < -0.39 is 5.91 Å². The van der Waals surface area contributed by atoms with Crippen LogP contribution < -0.4 is 20.3 Å². The second-order valence-corrected chi connectivity index (χ2v) is 7.93. The zero-order chi connectivity index (χ0) is 23.6. The minimum Gasteiger partial charge on any atom is -0.489 e. The number of hydrazine groups is 1. The molecule has 4 aromatic rings. The Balaban J connectivity index is 1.12. The van der Waals surface area contributed by atoms with Crippen molar-refractivity contribution < 1.29 is 23.6 Å². The number of carbonyl (C=O) groups is 2. The van der Waals surface area contributed by atoms with E-state index in [0.717, 1.165) is 11.1 Å². The van der Waals surface area contributed by atoms with Gasteiger partial charge >= 0.3 is 0 Å². The van der Waals surface area contributed by atoms with Crippen LogP contribution in [0.3, 0.4) is 0 Å². The van der Waals surface area contributed by atoms with Gasteiger partial charge in [-0.3, -0.25) is 20.4 Å². The van der Waals surface area contributed by atoms with E-state index in [2.05, 4.69) is 21.0 Å². The van der Waals surface area contributed by atoms with Gasteiger partial charge in [-0.2, -0.15) is 16.3 Å². The molecule has 2 aromatic heterocycles. The molecule has 10 heteroatoms. The van der Waals surface area contributed by atoms with Gasteiger partial charge < -0.3 is 14.0 Å². The fraction of sp³-hybridized carbons (Fsp3) is 0.167. The molecular formula is C24H22N4O5S. The molecule has 0 radical (unpaired) electrons. The van der Waals surface area contributed by atoms with Gasteiger partial charge in [0.2, 0.25) is 17.6 Å². The van der Waals surface area contributed by atoms with Gasteiger partial charge in [-0.05, 0) is 41.3 Å². The fourth-order valence-corrected chi connectivity index (χ4v) is 3.48. The highest BCUT2D eigenvalue weighted by atomic mass is 32.1. The Labute approximate surface area is 199 Å². The normalized spacial score (nSPS) is 10.5. The summed E-state index contributed by atoms with van der Waals surface area (Å²) in [5, 5.41) is 7.72. The predicted molar refractivity (Wildman–Crippen MR) is 125 cm³/mol. The van der Waals surface area contributed by atoms with Crippen molar-refractivity contribution in [2.24, 2.45) is 0 Å². The molecule has 0 unspecified atom stereocenters. The highest BCUT2D eigenvalue weighted by Crippen LogP contribution is 2.19. The minimum absolute atomic E-state index is 0.0802. The monoisotopic (exact) mass is 478 g/mol. The maximum atomic E-state index is 12.0. The van der Waals surface area contributed by atoms with Crippen LogP contribution in [-0.4, -0.2) is 28.6 Å². The Bertz CT molecular complexity index is 1190. The number of hydrogen-bond acceptors (Lipinski definition) is 8. The third-order valence-electron chi connectivity index (χ3n) is 4.60. The molecule has 0 saturated heterocycles. The van der Waals surface area contributed by atoms with Crippen LogP contribution in [0.25, 0.3) is 11.4 Å². The third-order valence-corrected chi connectivity index (χ3v) is 5.28. The second kappa shape index (κ2) is 11.6. The van der Waals surface area contributed by atoms with Crippen LogP contribution in [0, 0.1) is 0 Å². The van der Waals surface area contributed by atoms with Crippen LogP contribution in [0.2, 0.25) is 0 Å². The molecule has 9 nitrogen and oxygen atoms in total. The summed E-state index contributed by atoms with van der Waals surface area (Å²) in [4.78, 5) is 28.2. The van der Waals surface area contributed by atoms with Crippen LogP contribution in [0.5, 0.6) is 11.5 Å². The zero-order valence-corrected chi connectivity index (χ0v) is 18.9. The number of aromatic nitrogens is 2. The van der Waals surface area contributed by atoms with Crippen LogP contribution in [0.4, 0.5) is 0 Å². The summed E-state index contributed by atoms with van der Waals surface area (Å²) in [6.07, 6.45) is 0.338. The molecule has 0 aliphatic heterocycles. The number of nitrogens with zero attached hydrogens (tertiary/aromatic N) is 2. The SMILES string of the molecule is O=C(CCc1nc(-c2ccsc2)no1)NNC(=O)COc1ccc(OCc2ccccc2)cc1. The van der Waals surface area contributed by atoms with Crippen molar-refractivity contribution in [2.75, 3.05) is 6.61 Å². The number of carbonyl (C=O) groups excluding carboxylic acids is 2. The molecule has 0 aliphatic rings. The van der Waals surface area contributed by atoms with Crippen LogP contribution in [0.15, 0.2) is 75.9 Å². The van der Waals surface area contributed by atoms with E-state index in [-0.39, 0.29) is 25.4 Å². The molecular weight excluding hydrogens is 456 g/mol. The summed E-state index contributed by atoms with van der Waals surface area (Å²) in [7, 11) is 0. The van der Waals surface area contributed by atoms with Gasteiger partial charge in [0.25, 0.3) is 5.91 Å². The lowest BCUT2D eigenvalue weighted by Gasteiger charge is -2.10.